The summed E-state index contributed by atoms with van der Waals surface area (Å²) in [5.41, 5.74) is 2.49. The lowest BCUT2D eigenvalue weighted by molar-refractivity contribution is 0.637. The first-order valence-electron chi connectivity index (χ1n) is 5.61. The molecule has 0 saturated carbocycles. The number of nitriles is 1. The molecule has 0 unspecified atom stereocenters. The number of aromatic nitrogens is 2. The second-order valence-electron chi connectivity index (χ2n) is 4.01. The zero-order valence-electron chi connectivity index (χ0n) is 10.0. The minimum atomic E-state index is 0.555. The van der Waals surface area contributed by atoms with Crippen LogP contribution in [-0.4, -0.2) is 16.3 Å². The summed E-state index contributed by atoms with van der Waals surface area (Å²) in [5, 5.41) is 17.0. The van der Waals surface area contributed by atoms with Gasteiger partial charge in [0.1, 0.15) is 6.07 Å². The van der Waals surface area contributed by atoms with Crippen molar-refractivity contribution in [2.45, 2.75) is 13.5 Å². The molecule has 0 aliphatic heterocycles. The number of halogens is 1. The lowest BCUT2D eigenvalue weighted by Crippen LogP contribution is -2.11. The number of hydrogen-bond acceptors (Lipinski definition) is 3. The molecule has 0 bridgehead atoms. The third-order valence-electron chi connectivity index (χ3n) is 2.52. The Labute approximate surface area is 111 Å². The maximum atomic E-state index is 9.00. The molecule has 0 radical (unpaired) electrons. The summed E-state index contributed by atoms with van der Waals surface area (Å²) >= 11 is 5.84. The van der Waals surface area contributed by atoms with Gasteiger partial charge in [-0.05, 0) is 30.7 Å². The van der Waals surface area contributed by atoms with E-state index in [0.29, 0.717) is 17.1 Å². The van der Waals surface area contributed by atoms with Crippen molar-refractivity contribution in [3.63, 3.8) is 0 Å². The molecular weight excluding hydrogens is 248 g/mol. The molecule has 1 aromatic carbocycles. The summed E-state index contributed by atoms with van der Waals surface area (Å²) < 4.78 is 1.87. The van der Waals surface area contributed by atoms with Crippen LogP contribution < -0.4 is 5.32 Å². The van der Waals surface area contributed by atoms with E-state index in [1.807, 2.05) is 30.1 Å². The van der Waals surface area contributed by atoms with Gasteiger partial charge in [-0.3, -0.25) is 4.68 Å². The van der Waals surface area contributed by atoms with E-state index in [2.05, 4.69) is 16.5 Å². The van der Waals surface area contributed by atoms with Crippen LogP contribution in [0.2, 0.25) is 5.02 Å². The van der Waals surface area contributed by atoms with Crippen molar-refractivity contribution in [2.75, 3.05) is 11.9 Å². The van der Waals surface area contributed by atoms with Crippen LogP contribution in [0.15, 0.2) is 30.6 Å². The number of anilines is 1. The highest BCUT2D eigenvalue weighted by atomic mass is 35.5. The van der Waals surface area contributed by atoms with E-state index in [-0.39, 0.29) is 0 Å². The molecule has 0 aliphatic rings. The SMILES string of the molecule is Cc1cnn(CCNc2ccc(Cl)cc2C#N)c1. The Hall–Kier alpha value is -1.99. The number of nitrogens with zero attached hydrogens (tertiary/aromatic N) is 3. The van der Waals surface area contributed by atoms with Gasteiger partial charge in [0.05, 0.1) is 24.0 Å². The van der Waals surface area contributed by atoms with Gasteiger partial charge in [-0.1, -0.05) is 11.6 Å². The van der Waals surface area contributed by atoms with Gasteiger partial charge in [0.25, 0.3) is 0 Å². The fourth-order valence-corrected chi connectivity index (χ4v) is 1.83. The van der Waals surface area contributed by atoms with Gasteiger partial charge >= 0.3 is 0 Å². The molecule has 92 valence electrons. The van der Waals surface area contributed by atoms with Gasteiger partial charge in [0, 0.05) is 17.8 Å². The van der Waals surface area contributed by atoms with Crippen LogP contribution in [0.1, 0.15) is 11.1 Å². The van der Waals surface area contributed by atoms with Gasteiger partial charge in [0.15, 0.2) is 0 Å². The van der Waals surface area contributed by atoms with Crippen LogP contribution in [0.4, 0.5) is 5.69 Å². The van der Waals surface area contributed by atoms with Crippen LogP contribution in [-0.2, 0) is 6.54 Å². The smallest absolute Gasteiger partial charge is 0.101 e. The first-order chi connectivity index (χ1) is 8.69. The van der Waals surface area contributed by atoms with Crippen LogP contribution in [0.25, 0.3) is 0 Å². The van der Waals surface area contributed by atoms with Crippen molar-refractivity contribution in [3.05, 3.63) is 46.7 Å². The highest BCUT2D eigenvalue weighted by Crippen LogP contribution is 2.19. The molecule has 1 N–H and O–H groups in total. The zero-order valence-corrected chi connectivity index (χ0v) is 10.8. The molecule has 0 aliphatic carbocycles. The van der Waals surface area contributed by atoms with Gasteiger partial charge in [-0.15, -0.1) is 0 Å². The molecule has 1 aromatic heterocycles. The molecule has 2 aromatic rings. The average molecular weight is 261 g/mol. The Bertz CT molecular complexity index is 583. The van der Waals surface area contributed by atoms with Crippen molar-refractivity contribution in [2.24, 2.45) is 0 Å². The Kier molecular flexibility index (Phi) is 3.85. The van der Waals surface area contributed by atoms with E-state index in [9.17, 15) is 0 Å². The third kappa shape index (κ3) is 3.02. The highest BCUT2D eigenvalue weighted by Gasteiger charge is 2.02. The molecule has 4 nitrogen and oxygen atoms in total. The molecule has 2 rings (SSSR count). The molecular formula is C13H13ClN4. The van der Waals surface area contributed by atoms with Crippen molar-refractivity contribution in [1.82, 2.24) is 9.78 Å². The van der Waals surface area contributed by atoms with Gasteiger partial charge in [-0.2, -0.15) is 10.4 Å². The van der Waals surface area contributed by atoms with Crippen LogP contribution in [0.3, 0.4) is 0 Å². The molecule has 0 atom stereocenters. The van der Waals surface area contributed by atoms with E-state index in [1.165, 1.54) is 0 Å². The average Bonchev–Trinajstić information content (AvgIpc) is 2.77. The summed E-state index contributed by atoms with van der Waals surface area (Å²) in [6, 6.07) is 7.36. The van der Waals surface area contributed by atoms with Gasteiger partial charge < -0.3 is 5.32 Å². The Morgan fingerprint density at radius 3 is 3.00 bits per heavy atom. The summed E-state index contributed by atoms with van der Waals surface area (Å²) in [6.45, 7) is 3.46. The van der Waals surface area contributed by atoms with Crippen molar-refractivity contribution >= 4 is 17.3 Å². The largest absolute Gasteiger partial charge is 0.382 e. The number of rotatable bonds is 4. The maximum Gasteiger partial charge on any atom is 0.101 e. The lowest BCUT2D eigenvalue weighted by Gasteiger charge is -2.08. The molecule has 1 heterocycles. The van der Waals surface area contributed by atoms with Crippen molar-refractivity contribution in [3.8, 4) is 6.07 Å². The quantitative estimate of drug-likeness (QED) is 0.920. The predicted octanol–water partition coefficient (Wildman–Crippen LogP) is 2.83. The number of benzene rings is 1. The Morgan fingerprint density at radius 2 is 2.33 bits per heavy atom. The van der Waals surface area contributed by atoms with Crippen LogP contribution >= 0.6 is 11.6 Å². The van der Waals surface area contributed by atoms with E-state index in [1.54, 1.807) is 12.1 Å². The summed E-state index contributed by atoms with van der Waals surface area (Å²) in [5.74, 6) is 0. The molecule has 0 saturated heterocycles. The number of nitrogens with one attached hydrogen (secondary N) is 1. The van der Waals surface area contributed by atoms with Crippen molar-refractivity contribution in [1.29, 1.82) is 5.26 Å². The molecule has 0 spiro atoms. The lowest BCUT2D eigenvalue weighted by atomic mass is 10.2. The fraction of sp³-hybridized carbons (Fsp3) is 0.231. The Balaban J connectivity index is 1.96. The van der Waals surface area contributed by atoms with E-state index in [0.717, 1.165) is 17.8 Å². The second-order valence-corrected chi connectivity index (χ2v) is 4.45. The molecule has 18 heavy (non-hydrogen) atoms. The molecule has 5 heteroatoms. The predicted molar refractivity (Wildman–Crippen MR) is 71.6 cm³/mol. The topological polar surface area (TPSA) is 53.6 Å². The van der Waals surface area contributed by atoms with Crippen molar-refractivity contribution < 1.29 is 0 Å². The van der Waals surface area contributed by atoms with E-state index in [4.69, 9.17) is 16.9 Å². The molecule has 0 amide bonds. The number of aryl methyl sites for hydroxylation is 1. The first kappa shape index (κ1) is 12.5. The third-order valence-corrected chi connectivity index (χ3v) is 2.76. The zero-order chi connectivity index (χ0) is 13.0. The summed E-state index contributed by atoms with van der Waals surface area (Å²) in [7, 11) is 0. The van der Waals surface area contributed by atoms with Gasteiger partial charge in [0.2, 0.25) is 0 Å². The normalized spacial score (nSPS) is 10.1. The molecule has 0 fully saturated rings. The highest BCUT2D eigenvalue weighted by molar-refractivity contribution is 6.30. The fourth-order valence-electron chi connectivity index (χ4n) is 1.66. The van der Waals surface area contributed by atoms with E-state index < -0.39 is 0 Å². The van der Waals surface area contributed by atoms with Crippen LogP contribution in [0, 0.1) is 18.3 Å². The van der Waals surface area contributed by atoms with Gasteiger partial charge in [-0.25, -0.2) is 0 Å². The standard InChI is InChI=1S/C13H13ClN4/c1-10-8-17-18(9-10)5-4-16-13-3-2-12(14)6-11(13)7-15/h2-3,6,8-9,16H,4-5H2,1H3. The van der Waals surface area contributed by atoms with E-state index >= 15 is 0 Å². The first-order valence-corrected chi connectivity index (χ1v) is 5.99. The summed E-state index contributed by atoms with van der Waals surface area (Å²) in [4.78, 5) is 0. The van der Waals surface area contributed by atoms with Crippen LogP contribution in [0.5, 0.6) is 0 Å². The number of hydrogen-bond donors (Lipinski definition) is 1. The monoisotopic (exact) mass is 260 g/mol. The Morgan fingerprint density at radius 1 is 1.50 bits per heavy atom. The minimum absolute atomic E-state index is 0.555. The second kappa shape index (κ2) is 5.56. The minimum Gasteiger partial charge on any atom is -0.382 e. The summed E-state index contributed by atoms with van der Waals surface area (Å²) in [6.07, 6.45) is 3.80. The maximum absolute atomic E-state index is 9.00.